The van der Waals surface area contributed by atoms with Crippen molar-refractivity contribution in [1.29, 1.82) is 0 Å². The Hall–Kier alpha value is -2.08. The third-order valence-electron chi connectivity index (χ3n) is 3.06. The average Bonchev–Trinajstić information content (AvgIpc) is 2.74. The smallest absolute Gasteiger partial charge is 0.323 e. The molecular weight excluding hydrogens is 338 g/mol. The molecule has 1 heterocycles. The van der Waals surface area contributed by atoms with Crippen LogP contribution in [-0.4, -0.2) is 35.0 Å². The summed E-state index contributed by atoms with van der Waals surface area (Å²) in [4.78, 5) is 24.5. The first-order chi connectivity index (χ1) is 9.93. The Morgan fingerprint density at radius 3 is 2.81 bits per heavy atom. The van der Waals surface area contributed by atoms with Crippen molar-refractivity contribution in [3.05, 3.63) is 46.7 Å². The van der Waals surface area contributed by atoms with E-state index < -0.39 is 18.4 Å². The van der Waals surface area contributed by atoms with E-state index >= 15 is 0 Å². The molecule has 0 fully saturated rings. The fraction of sp³-hybridized carbons (Fsp3) is 0.200. The number of fused-ring (bicyclic) bond motifs is 1. The van der Waals surface area contributed by atoms with Crippen molar-refractivity contribution in [3.8, 4) is 0 Å². The molecule has 1 N–H and O–H groups in total. The molecule has 1 aromatic heterocycles. The molecule has 1 amide bonds. The van der Waals surface area contributed by atoms with E-state index in [-0.39, 0.29) is 12.3 Å². The number of nitrogens with zero attached hydrogens (tertiary/aromatic N) is 1. The van der Waals surface area contributed by atoms with Crippen LogP contribution >= 0.6 is 15.9 Å². The van der Waals surface area contributed by atoms with Crippen LogP contribution in [0.1, 0.15) is 16.1 Å². The second-order valence-electron chi connectivity index (χ2n) is 4.56. The fourth-order valence-electron chi connectivity index (χ4n) is 2.08. The van der Waals surface area contributed by atoms with Crippen LogP contribution < -0.4 is 0 Å². The summed E-state index contributed by atoms with van der Waals surface area (Å²) in [5.74, 6) is -1.38. The number of furan rings is 1. The number of halogens is 1. The maximum absolute atomic E-state index is 12.5. The van der Waals surface area contributed by atoms with Crippen LogP contribution in [-0.2, 0) is 4.79 Å². The fourth-order valence-corrected chi connectivity index (χ4v) is 2.44. The number of carbonyl (C=O) groups excluding carboxylic acids is 1. The summed E-state index contributed by atoms with van der Waals surface area (Å²) in [6.07, 6.45) is 1.48. The first-order valence-electron chi connectivity index (χ1n) is 6.24. The van der Waals surface area contributed by atoms with E-state index in [0.29, 0.717) is 11.1 Å². The van der Waals surface area contributed by atoms with E-state index in [1.165, 1.54) is 11.0 Å². The minimum absolute atomic E-state index is 0.144. The molecule has 0 radical (unpaired) electrons. The molecule has 0 aliphatic rings. The minimum atomic E-state index is -1.08. The van der Waals surface area contributed by atoms with Crippen molar-refractivity contribution in [1.82, 2.24) is 4.90 Å². The van der Waals surface area contributed by atoms with E-state index in [1.54, 1.807) is 13.0 Å². The van der Waals surface area contributed by atoms with E-state index in [1.807, 2.05) is 12.1 Å². The van der Waals surface area contributed by atoms with Crippen LogP contribution in [0, 0.1) is 6.92 Å². The number of hydrogen-bond donors (Lipinski definition) is 1. The first-order valence-corrected chi connectivity index (χ1v) is 7.04. The highest BCUT2D eigenvalue weighted by atomic mass is 79.9. The summed E-state index contributed by atoms with van der Waals surface area (Å²) in [7, 11) is 0. The number of rotatable bonds is 5. The second kappa shape index (κ2) is 6.13. The van der Waals surface area contributed by atoms with Gasteiger partial charge in [0.25, 0.3) is 5.91 Å². The third kappa shape index (κ3) is 3.16. The zero-order valence-electron chi connectivity index (χ0n) is 11.4. The van der Waals surface area contributed by atoms with Crippen molar-refractivity contribution >= 4 is 38.8 Å². The van der Waals surface area contributed by atoms with Gasteiger partial charge in [-0.2, -0.15) is 0 Å². The maximum atomic E-state index is 12.5. The summed E-state index contributed by atoms with van der Waals surface area (Å²) in [6.45, 7) is 5.06. The molecule has 21 heavy (non-hydrogen) atoms. The van der Waals surface area contributed by atoms with Gasteiger partial charge in [-0.05, 0) is 25.1 Å². The highest BCUT2D eigenvalue weighted by molar-refractivity contribution is 9.10. The topological polar surface area (TPSA) is 70.8 Å². The van der Waals surface area contributed by atoms with Gasteiger partial charge in [0.2, 0.25) is 0 Å². The molecule has 0 saturated heterocycles. The van der Waals surface area contributed by atoms with Crippen molar-refractivity contribution in [2.75, 3.05) is 13.1 Å². The quantitative estimate of drug-likeness (QED) is 0.839. The van der Waals surface area contributed by atoms with Crippen molar-refractivity contribution in [2.24, 2.45) is 0 Å². The standard InChI is InChI=1S/C15H14BrNO4/c1-3-6-17(8-13(18)19)15(20)14-9(2)11-7-10(16)4-5-12(11)21-14/h3-5,7H,1,6,8H2,2H3,(H,18,19). The number of carbonyl (C=O) groups is 2. The van der Waals surface area contributed by atoms with E-state index in [9.17, 15) is 9.59 Å². The molecule has 5 nitrogen and oxygen atoms in total. The number of carboxylic acids is 1. The summed E-state index contributed by atoms with van der Waals surface area (Å²) >= 11 is 3.37. The second-order valence-corrected chi connectivity index (χ2v) is 5.48. The predicted octanol–water partition coefficient (Wildman–Crippen LogP) is 3.22. The molecular formula is C15H14BrNO4. The largest absolute Gasteiger partial charge is 0.480 e. The molecule has 6 heteroatoms. The first kappa shape index (κ1) is 15.3. The number of aliphatic carboxylic acids is 1. The van der Waals surface area contributed by atoms with Gasteiger partial charge in [-0.15, -0.1) is 6.58 Å². The van der Waals surface area contributed by atoms with Gasteiger partial charge in [0.15, 0.2) is 5.76 Å². The van der Waals surface area contributed by atoms with Gasteiger partial charge in [-0.25, -0.2) is 0 Å². The Labute approximate surface area is 130 Å². The van der Waals surface area contributed by atoms with E-state index in [2.05, 4.69) is 22.5 Å². The number of benzene rings is 1. The minimum Gasteiger partial charge on any atom is -0.480 e. The SMILES string of the molecule is C=CCN(CC(=O)O)C(=O)c1oc2ccc(Br)cc2c1C. The lowest BCUT2D eigenvalue weighted by Gasteiger charge is -2.17. The summed E-state index contributed by atoms with van der Waals surface area (Å²) in [6, 6.07) is 5.44. The molecule has 0 bridgehead atoms. The van der Waals surface area contributed by atoms with Gasteiger partial charge in [0, 0.05) is 22.0 Å². The molecule has 0 spiro atoms. The molecule has 2 rings (SSSR count). The number of amides is 1. The number of carboxylic acid groups (broad SMARTS) is 1. The normalized spacial score (nSPS) is 10.6. The lowest BCUT2D eigenvalue weighted by molar-refractivity contribution is -0.137. The highest BCUT2D eigenvalue weighted by Gasteiger charge is 2.24. The van der Waals surface area contributed by atoms with Gasteiger partial charge >= 0.3 is 5.97 Å². The molecule has 110 valence electrons. The van der Waals surface area contributed by atoms with Gasteiger partial charge in [-0.1, -0.05) is 22.0 Å². The molecule has 0 aliphatic heterocycles. The van der Waals surface area contributed by atoms with Gasteiger partial charge in [0.05, 0.1) is 0 Å². The van der Waals surface area contributed by atoms with E-state index in [4.69, 9.17) is 9.52 Å². The number of aryl methyl sites for hydroxylation is 1. The molecule has 0 aliphatic carbocycles. The van der Waals surface area contributed by atoms with Crippen molar-refractivity contribution in [2.45, 2.75) is 6.92 Å². The zero-order chi connectivity index (χ0) is 15.6. The molecule has 0 atom stereocenters. The lowest BCUT2D eigenvalue weighted by atomic mass is 10.1. The average molecular weight is 352 g/mol. The predicted molar refractivity (Wildman–Crippen MR) is 82.4 cm³/mol. The van der Waals surface area contributed by atoms with Crippen LogP contribution in [0.5, 0.6) is 0 Å². The lowest BCUT2D eigenvalue weighted by Crippen LogP contribution is -2.35. The third-order valence-corrected chi connectivity index (χ3v) is 3.55. The Kier molecular flexibility index (Phi) is 4.47. The Balaban J connectivity index is 2.44. The van der Waals surface area contributed by atoms with Crippen LogP contribution in [0.3, 0.4) is 0 Å². The summed E-state index contributed by atoms with van der Waals surface area (Å²) in [5, 5.41) is 9.71. The molecule has 1 aromatic carbocycles. The van der Waals surface area contributed by atoms with Gasteiger partial charge in [-0.3, -0.25) is 9.59 Å². The monoisotopic (exact) mass is 351 g/mol. The highest BCUT2D eigenvalue weighted by Crippen LogP contribution is 2.28. The molecule has 0 unspecified atom stereocenters. The Morgan fingerprint density at radius 2 is 2.19 bits per heavy atom. The van der Waals surface area contributed by atoms with Crippen molar-refractivity contribution in [3.63, 3.8) is 0 Å². The maximum Gasteiger partial charge on any atom is 0.323 e. The molecule has 0 saturated carbocycles. The summed E-state index contributed by atoms with van der Waals surface area (Å²) < 4.78 is 6.47. The zero-order valence-corrected chi connectivity index (χ0v) is 13.0. The Morgan fingerprint density at radius 1 is 1.48 bits per heavy atom. The van der Waals surface area contributed by atoms with Gasteiger partial charge < -0.3 is 14.4 Å². The van der Waals surface area contributed by atoms with Crippen molar-refractivity contribution < 1.29 is 19.1 Å². The summed E-state index contributed by atoms with van der Waals surface area (Å²) in [5.41, 5.74) is 1.28. The van der Waals surface area contributed by atoms with Crippen LogP contribution in [0.15, 0.2) is 39.7 Å². The van der Waals surface area contributed by atoms with E-state index in [0.717, 1.165) is 9.86 Å². The van der Waals surface area contributed by atoms with Crippen LogP contribution in [0.4, 0.5) is 0 Å². The number of hydrogen-bond acceptors (Lipinski definition) is 3. The van der Waals surface area contributed by atoms with Gasteiger partial charge in [0.1, 0.15) is 12.1 Å². The Bertz CT molecular complexity index is 720. The van der Waals surface area contributed by atoms with Crippen LogP contribution in [0.25, 0.3) is 11.0 Å². The van der Waals surface area contributed by atoms with Crippen LogP contribution in [0.2, 0.25) is 0 Å². The molecule has 2 aromatic rings.